The van der Waals surface area contributed by atoms with Crippen molar-refractivity contribution in [3.8, 4) is 0 Å². The molecule has 2 aromatic rings. The van der Waals surface area contributed by atoms with Crippen molar-refractivity contribution < 1.29 is 22.8 Å². The third-order valence-corrected chi connectivity index (χ3v) is 5.11. The zero-order valence-corrected chi connectivity index (χ0v) is 16.1. The Labute approximate surface area is 167 Å². The second-order valence-corrected chi connectivity index (χ2v) is 7.23. The van der Waals surface area contributed by atoms with Crippen LogP contribution in [0.4, 0.5) is 13.2 Å². The van der Waals surface area contributed by atoms with E-state index in [-0.39, 0.29) is 36.1 Å². The summed E-state index contributed by atoms with van der Waals surface area (Å²) >= 11 is 0. The quantitative estimate of drug-likeness (QED) is 0.792. The third kappa shape index (κ3) is 4.96. The molecule has 0 spiro atoms. The number of hydrogen-bond acceptors (Lipinski definition) is 2. The average Bonchev–Trinajstić information content (AvgIpc) is 2.68. The number of alkyl halides is 3. The summed E-state index contributed by atoms with van der Waals surface area (Å²) < 4.78 is 39.5. The van der Waals surface area contributed by atoms with Gasteiger partial charge in [0.05, 0.1) is 5.56 Å². The molecular formula is C22H23F3N2O2. The van der Waals surface area contributed by atoms with E-state index in [0.29, 0.717) is 18.7 Å². The van der Waals surface area contributed by atoms with E-state index in [4.69, 9.17) is 0 Å². The molecule has 1 fully saturated rings. The zero-order valence-electron chi connectivity index (χ0n) is 16.1. The van der Waals surface area contributed by atoms with Crippen LogP contribution in [0.2, 0.25) is 0 Å². The second kappa shape index (κ2) is 8.68. The average molecular weight is 404 g/mol. The molecule has 0 radical (unpaired) electrons. The Balaban J connectivity index is 1.66. The smallest absolute Gasteiger partial charge is 0.341 e. The molecule has 1 atom stereocenters. The van der Waals surface area contributed by atoms with Crippen LogP contribution >= 0.6 is 0 Å². The van der Waals surface area contributed by atoms with Gasteiger partial charge in [0.1, 0.15) is 6.04 Å². The fourth-order valence-corrected chi connectivity index (χ4v) is 3.54. The first-order valence-corrected chi connectivity index (χ1v) is 9.57. The van der Waals surface area contributed by atoms with E-state index in [0.717, 1.165) is 6.07 Å². The Morgan fingerprint density at radius 1 is 1.07 bits per heavy atom. The normalized spacial score (nSPS) is 15.5. The molecule has 4 nitrogen and oxygen atoms in total. The molecule has 1 heterocycles. The maximum Gasteiger partial charge on any atom is 0.416 e. The lowest BCUT2D eigenvalue weighted by Gasteiger charge is -2.41. The van der Waals surface area contributed by atoms with Gasteiger partial charge in [-0.2, -0.15) is 13.2 Å². The first kappa shape index (κ1) is 20.9. The van der Waals surface area contributed by atoms with E-state index >= 15 is 0 Å². The van der Waals surface area contributed by atoms with Crippen LogP contribution < -0.4 is 5.32 Å². The maximum absolute atomic E-state index is 13.2. The number of rotatable bonds is 6. The molecule has 2 aromatic carbocycles. The fraction of sp³-hybridized carbons (Fsp3) is 0.364. The van der Waals surface area contributed by atoms with E-state index in [2.05, 4.69) is 5.32 Å². The van der Waals surface area contributed by atoms with E-state index in [1.807, 2.05) is 6.07 Å². The van der Waals surface area contributed by atoms with Crippen LogP contribution in [0.25, 0.3) is 0 Å². The Hall–Kier alpha value is -2.83. The molecule has 1 N–H and O–H groups in total. The Kier molecular flexibility index (Phi) is 6.25. The molecule has 0 saturated carbocycles. The summed E-state index contributed by atoms with van der Waals surface area (Å²) in [5, 5.41) is 2.75. The summed E-state index contributed by atoms with van der Waals surface area (Å²) in [7, 11) is 0. The predicted molar refractivity (Wildman–Crippen MR) is 103 cm³/mol. The maximum atomic E-state index is 13.2. The largest absolute Gasteiger partial charge is 0.416 e. The molecule has 3 rings (SSSR count). The van der Waals surface area contributed by atoms with Gasteiger partial charge in [0.15, 0.2) is 0 Å². The summed E-state index contributed by atoms with van der Waals surface area (Å²) in [5.41, 5.74) is 0.309. The minimum atomic E-state index is -4.39. The Morgan fingerprint density at radius 3 is 2.31 bits per heavy atom. The highest BCUT2D eigenvalue weighted by Gasteiger charge is 2.38. The van der Waals surface area contributed by atoms with Crippen LogP contribution in [0.15, 0.2) is 54.6 Å². The molecule has 2 amide bonds. The van der Waals surface area contributed by atoms with Crippen LogP contribution in [0.3, 0.4) is 0 Å². The minimum Gasteiger partial charge on any atom is -0.341 e. The predicted octanol–water partition coefficient (Wildman–Crippen LogP) is 3.97. The molecule has 0 bridgehead atoms. The van der Waals surface area contributed by atoms with Gasteiger partial charge < -0.3 is 10.2 Å². The fourth-order valence-electron chi connectivity index (χ4n) is 3.54. The number of halogens is 3. The summed E-state index contributed by atoms with van der Waals surface area (Å²) in [6.07, 6.45) is -3.87. The van der Waals surface area contributed by atoms with Crippen LogP contribution in [-0.4, -0.2) is 29.8 Å². The van der Waals surface area contributed by atoms with E-state index in [1.54, 1.807) is 42.2 Å². The lowest BCUT2D eigenvalue weighted by Crippen LogP contribution is -2.54. The standard InChI is InChI=1S/C22H23F3N2O2/c1-2-19(28)26-20(16-8-4-3-5-9-16)21(29)27-13-15(14-27)12-17-10-6-7-11-18(17)22(23,24)25/h3-11,15,20H,2,12-14H2,1H3,(H,26,28). The molecular weight excluding hydrogens is 381 g/mol. The number of benzene rings is 2. The first-order valence-electron chi connectivity index (χ1n) is 9.57. The van der Waals surface area contributed by atoms with E-state index < -0.39 is 17.8 Å². The zero-order chi connectivity index (χ0) is 21.0. The first-order chi connectivity index (χ1) is 13.8. The molecule has 1 aliphatic rings. The monoisotopic (exact) mass is 404 g/mol. The molecule has 0 aromatic heterocycles. The molecule has 1 aliphatic heterocycles. The molecule has 0 aliphatic carbocycles. The lowest BCUT2D eigenvalue weighted by molar-refractivity contribution is -0.143. The summed E-state index contributed by atoms with van der Waals surface area (Å²) in [6, 6.07) is 13.7. The van der Waals surface area contributed by atoms with E-state index in [9.17, 15) is 22.8 Å². The van der Waals surface area contributed by atoms with Gasteiger partial charge in [-0.1, -0.05) is 55.5 Å². The number of carbonyl (C=O) groups excluding carboxylic acids is 2. The topological polar surface area (TPSA) is 49.4 Å². The third-order valence-electron chi connectivity index (χ3n) is 5.11. The highest BCUT2D eigenvalue weighted by Crippen LogP contribution is 2.34. The highest BCUT2D eigenvalue weighted by molar-refractivity contribution is 5.89. The molecule has 29 heavy (non-hydrogen) atoms. The van der Waals surface area contributed by atoms with Crippen LogP contribution in [-0.2, 0) is 22.2 Å². The van der Waals surface area contributed by atoms with Crippen molar-refractivity contribution in [1.29, 1.82) is 0 Å². The SMILES string of the molecule is CCC(=O)NC(C(=O)N1CC(Cc2ccccc2C(F)(F)F)C1)c1ccccc1. The second-order valence-electron chi connectivity index (χ2n) is 7.23. The molecule has 1 unspecified atom stereocenters. The van der Waals surface area contributed by atoms with Crippen molar-refractivity contribution in [2.75, 3.05) is 13.1 Å². The van der Waals surface area contributed by atoms with Gasteiger partial charge in [0.25, 0.3) is 0 Å². The van der Waals surface area contributed by atoms with Crippen LogP contribution in [0, 0.1) is 5.92 Å². The van der Waals surface area contributed by atoms with Crippen molar-refractivity contribution in [2.24, 2.45) is 5.92 Å². The lowest BCUT2D eigenvalue weighted by atomic mass is 9.89. The number of carbonyl (C=O) groups is 2. The van der Waals surface area contributed by atoms with Crippen LogP contribution in [0.5, 0.6) is 0 Å². The van der Waals surface area contributed by atoms with Gasteiger partial charge in [-0.05, 0) is 29.5 Å². The molecule has 154 valence electrons. The number of amides is 2. The summed E-state index contributed by atoms with van der Waals surface area (Å²) in [6.45, 7) is 2.45. The van der Waals surface area contributed by atoms with Gasteiger partial charge in [-0.25, -0.2) is 0 Å². The number of nitrogens with zero attached hydrogens (tertiary/aromatic N) is 1. The minimum absolute atomic E-state index is 0.0410. The Bertz CT molecular complexity index is 862. The molecule has 1 saturated heterocycles. The van der Waals surface area contributed by atoms with Gasteiger partial charge in [0.2, 0.25) is 11.8 Å². The van der Waals surface area contributed by atoms with Crippen molar-refractivity contribution in [3.63, 3.8) is 0 Å². The van der Waals surface area contributed by atoms with Gasteiger partial charge >= 0.3 is 6.18 Å². The van der Waals surface area contributed by atoms with Crippen molar-refractivity contribution in [1.82, 2.24) is 10.2 Å². The van der Waals surface area contributed by atoms with Crippen molar-refractivity contribution in [3.05, 3.63) is 71.3 Å². The number of hydrogen-bond donors (Lipinski definition) is 1. The van der Waals surface area contributed by atoms with Crippen LogP contribution in [0.1, 0.15) is 36.1 Å². The molecule has 7 heteroatoms. The van der Waals surface area contributed by atoms with Crippen molar-refractivity contribution >= 4 is 11.8 Å². The summed E-state index contributed by atoms with van der Waals surface area (Å²) in [5.74, 6) is -0.512. The van der Waals surface area contributed by atoms with Gasteiger partial charge in [-0.15, -0.1) is 0 Å². The van der Waals surface area contributed by atoms with Gasteiger partial charge in [0, 0.05) is 19.5 Å². The number of nitrogens with one attached hydrogen (secondary N) is 1. The van der Waals surface area contributed by atoms with Gasteiger partial charge in [-0.3, -0.25) is 9.59 Å². The summed E-state index contributed by atoms with van der Waals surface area (Å²) in [4.78, 5) is 26.4. The Morgan fingerprint density at radius 2 is 1.69 bits per heavy atom. The highest BCUT2D eigenvalue weighted by atomic mass is 19.4. The van der Waals surface area contributed by atoms with Crippen molar-refractivity contribution in [2.45, 2.75) is 32.0 Å². The van der Waals surface area contributed by atoms with E-state index in [1.165, 1.54) is 12.1 Å². The number of likely N-dealkylation sites (tertiary alicyclic amines) is 1.